The summed E-state index contributed by atoms with van der Waals surface area (Å²) >= 11 is 0. The Bertz CT molecular complexity index is 1420. The molecule has 2 aliphatic heterocycles. The van der Waals surface area contributed by atoms with Crippen LogP contribution >= 0.6 is 0 Å². The average Bonchev–Trinajstić information content (AvgIpc) is 3.65. The van der Waals surface area contributed by atoms with E-state index in [1.54, 1.807) is 15.8 Å². The molecule has 182 valence electrons. The molecule has 2 amide bonds. The topological polar surface area (TPSA) is 83.4 Å². The van der Waals surface area contributed by atoms with Crippen molar-refractivity contribution in [2.24, 2.45) is 5.92 Å². The number of hydrogen-bond donors (Lipinski definition) is 1. The number of carbonyl (C=O) groups is 2. The summed E-state index contributed by atoms with van der Waals surface area (Å²) < 4.78 is 1.80. The zero-order chi connectivity index (χ0) is 24.6. The Kier molecular flexibility index (Phi) is 5.64. The van der Waals surface area contributed by atoms with Crippen LogP contribution < -0.4 is 15.1 Å². The van der Waals surface area contributed by atoms with Gasteiger partial charge in [-0.2, -0.15) is 5.10 Å². The zero-order valence-corrected chi connectivity index (χ0v) is 20.2. The molecule has 2 fully saturated rings. The first-order chi connectivity index (χ1) is 17.6. The van der Waals surface area contributed by atoms with Crippen molar-refractivity contribution in [3.8, 4) is 5.69 Å². The minimum atomic E-state index is -0.417. The summed E-state index contributed by atoms with van der Waals surface area (Å²) in [6.45, 7) is 4.46. The molecule has 2 aromatic carbocycles. The number of aryl methyl sites for hydroxylation is 1. The van der Waals surface area contributed by atoms with Crippen molar-refractivity contribution in [2.45, 2.75) is 26.2 Å². The quantitative estimate of drug-likeness (QED) is 0.460. The Hall–Kier alpha value is -4.20. The number of aromatic nitrogens is 3. The van der Waals surface area contributed by atoms with Gasteiger partial charge in [0.25, 0.3) is 0 Å². The summed E-state index contributed by atoms with van der Waals surface area (Å²) in [6, 6.07) is 19.8. The number of rotatable bonds is 5. The van der Waals surface area contributed by atoms with Crippen LogP contribution in [0.4, 0.5) is 17.1 Å². The van der Waals surface area contributed by atoms with E-state index in [-0.39, 0.29) is 18.2 Å². The van der Waals surface area contributed by atoms with Gasteiger partial charge in [0.1, 0.15) is 0 Å². The smallest absolute Gasteiger partial charge is 0.229 e. The Morgan fingerprint density at radius 3 is 2.44 bits per heavy atom. The molecule has 0 radical (unpaired) electrons. The molecule has 6 rings (SSSR count). The third-order valence-electron chi connectivity index (χ3n) is 7.10. The van der Waals surface area contributed by atoms with Crippen molar-refractivity contribution in [1.82, 2.24) is 14.8 Å². The molecule has 0 spiro atoms. The second kappa shape index (κ2) is 9.11. The van der Waals surface area contributed by atoms with Crippen LogP contribution in [0.1, 0.15) is 25.0 Å². The minimum Gasteiger partial charge on any atom is -0.372 e. The maximum absolute atomic E-state index is 13.1. The Balaban J connectivity index is 1.16. The molecule has 4 aromatic rings. The number of carbonyl (C=O) groups excluding carboxylic acids is 2. The van der Waals surface area contributed by atoms with Crippen LogP contribution in [0, 0.1) is 12.8 Å². The Morgan fingerprint density at radius 2 is 1.69 bits per heavy atom. The molecule has 8 nitrogen and oxygen atoms in total. The fourth-order valence-corrected chi connectivity index (χ4v) is 5.16. The number of nitrogens with one attached hydrogen (secondary N) is 1. The van der Waals surface area contributed by atoms with Gasteiger partial charge in [-0.1, -0.05) is 18.2 Å². The molecular weight excluding hydrogens is 452 g/mol. The SMILES string of the molecule is Cc1nn(-c2ccccc2)c2ncc(NC(=O)C3CC(=O)N(c4ccc(N5CCCC5)cc4)C3)cc12. The third kappa shape index (κ3) is 4.08. The van der Waals surface area contributed by atoms with Crippen molar-refractivity contribution < 1.29 is 9.59 Å². The summed E-state index contributed by atoms with van der Waals surface area (Å²) in [7, 11) is 0. The standard InChI is InChI=1S/C28H28N6O2/c1-19-25-16-21(17-29-27(25)34(31-19)24-7-3-2-4-8-24)30-28(36)20-15-26(35)33(18-20)23-11-9-22(10-12-23)32-13-5-6-14-32/h2-4,7-12,16-17,20H,5-6,13-15,18H2,1H3,(H,30,36). The average molecular weight is 481 g/mol. The molecule has 0 saturated carbocycles. The van der Waals surface area contributed by atoms with Crippen LogP contribution in [0.15, 0.2) is 66.9 Å². The highest BCUT2D eigenvalue weighted by molar-refractivity contribution is 6.04. The molecule has 36 heavy (non-hydrogen) atoms. The molecule has 1 N–H and O–H groups in total. The zero-order valence-electron chi connectivity index (χ0n) is 20.2. The van der Waals surface area contributed by atoms with E-state index in [9.17, 15) is 9.59 Å². The predicted molar refractivity (Wildman–Crippen MR) is 141 cm³/mol. The van der Waals surface area contributed by atoms with E-state index in [1.165, 1.54) is 18.5 Å². The van der Waals surface area contributed by atoms with Crippen molar-refractivity contribution >= 4 is 39.9 Å². The van der Waals surface area contributed by atoms with Gasteiger partial charge in [-0.3, -0.25) is 9.59 Å². The van der Waals surface area contributed by atoms with Gasteiger partial charge < -0.3 is 15.1 Å². The molecule has 2 aromatic heterocycles. The van der Waals surface area contributed by atoms with Crippen molar-refractivity contribution in [3.05, 3.63) is 72.6 Å². The lowest BCUT2D eigenvalue weighted by molar-refractivity contribution is -0.122. The maximum atomic E-state index is 13.1. The summed E-state index contributed by atoms with van der Waals surface area (Å²) in [4.78, 5) is 34.5. The van der Waals surface area contributed by atoms with Gasteiger partial charge in [0.2, 0.25) is 11.8 Å². The van der Waals surface area contributed by atoms with E-state index in [1.807, 2.05) is 55.5 Å². The Morgan fingerprint density at radius 1 is 0.972 bits per heavy atom. The van der Waals surface area contributed by atoms with Crippen LogP contribution in [0.3, 0.4) is 0 Å². The monoisotopic (exact) mass is 480 g/mol. The molecule has 0 aliphatic carbocycles. The molecule has 0 bridgehead atoms. The van der Waals surface area contributed by atoms with Gasteiger partial charge in [0.15, 0.2) is 5.65 Å². The second-order valence-corrected chi connectivity index (χ2v) is 9.53. The Labute approximate surface area is 209 Å². The fourth-order valence-electron chi connectivity index (χ4n) is 5.16. The molecule has 8 heteroatoms. The van der Waals surface area contributed by atoms with Crippen LogP contribution in [0.5, 0.6) is 0 Å². The van der Waals surface area contributed by atoms with Gasteiger partial charge in [0, 0.05) is 42.8 Å². The molecular formula is C28H28N6O2. The second-order valence-electron chi connectivity index (χ2n) is 9.53. The number of anilines is 3. The van der Waals surface area contributed by atoms with Crippen molar-refractivity contribution in [1.29, 1.82) is 0 Å². The lowest BCUT2D eigenvalue weighted by Crippen LogP contribution is -2.28. The van der Waals surface area contributed by atoms with Gasteiger partial charge >= 0.3 is 0 Å². The number of benzene rings is 2. The van der Waals surface area contributed by atoms with Crippen molar-refractivity contribution in [2.75, 3.05) is 34.8 Å². The third-order valence-corrected chi connectivity index (χ3v) is 7.10. The number of para-hydroxylation sites is 1. The number of fused-ring (bicyclic) bond motifs is 1. The predicted octanol–water partition coefficient (Wildman–Crippen LogP) is 4.32. The molecule has 2 aliphatic rings. The highest BCUT2D eigenvalue weighted by atomic mass is 16.2. The number of hydrogen-bond acceptors (Lipinski definition) is 5. The summed E-state index contributed by atoms with van der Waals surface area (Å²) in [5, 5.41) is 8.47. The van der Waals surface area contributed by atoms with E-state index in [2.05, 4.69) is 32.4 Å². The lowest BCUT2D eigenvalue weighted by atomic mass is 10.1. The summed E-state index contributed by atoms with van der Waals surface area (Å²) in [5.41, 5.74) is 5.12. The van der Waals surface area contributed by atoms with Crippen LogP contribution in [-0.4, -0.2) is 46.2 Å². The highest BCUT2D eigenvalue weighted by Gasteiger charge is 2.35. The van der Waals surface area contributed by atoms with Crippen LogP contribution in [0.25, 0.3) is 16.7 Å². The van der Waals surface area contributed by atoms with E-state index in [0.717, 1.165) is 41.2 Å². The molecule has 2 saturated heterocycles. The summed E-state index contributed by atoms with van der Waals surface area (Å²) in [5.74, 6) is -0.619. The van der Waals surface area contributed by atoms with E-state index in [4.69, 9.17) is 0 Å². The summed E-state index contributed by atoms with van der Waals surface area (Å²) in [6.07, 6.45) is 4.29. The van der Waals surface area contributed by atoms with Gasteiger partial charge in [-0.05, 0) is 62.2 Å². The molecule has 1 unspecified atom stereocenters. The number of amides is 2. The first-order valence-electron chi connectivity index (χ1n) is 12.4. The normalized spacial score (nSPS) is 17.8. The first kappa shape index (κ1) is 22.3. The van der Waals surface area contributed by atoms with Crippen LogP contribution in [0.2, 0.25) is 0 Å². The van der Waals surface area contributed by atoms with Crippen LogP contribution in [-0.2, 0) is 9.59 Å². The largest absolute Gasteiger partial charge is 0.372 e. The molecule has 4 heterocycles. The fraction of sp³-hybridized carbons (Fsp3) is 0.286. The van der Waals surface area contributed by atoms with E-state index in [0.29, 0.717) is 12.2 Å². The number of pyridine rings is 1. The van der Waals surface area contributed by atoms with E-state index >= 15 is 0 Å². The van der Waals surface area contributed by atoms with Crippen molar-refractivity contribution in [3.63, 3.8) is 0 Å². The lowest BCUT2D eigenvalue weighted by Gasteiger charge is -2.20. The highest BCUT2D eigenvalue weighted by Crippen LogP contribution is 2.29. The first-order valence-corrected chi connectivity index (χ1v) is 12.4. The maximum Gasteiger partial charge on any atom is 0.229 e. The minimum absolute atomic E-state index is 0.0300. The molecule has 1 atom stereocenters. The van der Waals surface area contributed by atoms with Gasteiger partial charge in [-0.15, -0.1) is 0 Å². The van der Waals surface area contributed by atoms with E-state index < -0.39 is 5.92 Å². The number of nitrogens with zero attached hydrogens (tertiary/aromatic N) is 5. The van der Waals surface area contributed by atoms with Gasteiger partial charge in [-0.25, -0.2) is 9.67 Å². The van der Waals surface area contributed by atoms with Gasteiger partial charge in [0.05, 0.1) is 29.2 Å².